The molecule has 1 saturated heterocycles. The highest BCUT2D eigenvalue weighted by molar-refractivity contribution is 4.72. The van der Waals surface area contributed by atoms with Crippen molar-refractivity contribution in [3.05, 3.63) is 0 Å². The fraction of sp³-hybridized carbons (Fsp3) is 1.00. The number of methoxy groups -OCH3 is 2. The summed E-state index contributed by atoms with van der Waals surface area (Å²) in [7, 11) is 3.20. The normalized spacial score (nSPS) is 36.8. The Balaban J connectivity index is 2.30. The molecule has 4 nitrogen and oxygen atoms in total. The Bertz CT molecular complexity index is 128. The second kappa shape index (κ2) is 4.77. The molecule has 1 aliphatic rings. The van der Waals surface area contributed by atoms with Crippen LogP contribution >= 0.6 is 0 Å². The van der Waals surface area contributed by atoms with E-state index in [-0.39, 0.29) is 12.2 Å². The monoisotopic (exact) mass is 176 g/mol. The molecule has 1 heterocycles. The largest absolute Gasteiger partial charge is 0.382 e. The van der Waals surface area contributed by atoms with Crippen molar-refractivity contribution in [1.82, 2.24) is 0 Å². The predicted molar refractivity (Wildman–Crippen MR) is 42.8 cm³/mol. The highest BCUT2D eigenvalue weighted by atomic mass is 16.6. The lowest BCUT2D eigenvalue weighted by molar-refractivity contribution is -0.229. The smallest absolute Gasteiger partial charge is 0.181 e. The molecule has 72 valence electrons. The van der Waals surface area contributed by atoms with Crippen LogP contribution in [-0.2, 0) is 14.2 Å². The van der Waals surface area contributed by atoms with Crippen LogP contribution in [0.1, 0.15) is 12.8 Å². The Morgan fingerprint density at radius 2 is 2.17 bits per heavy atom. The van der Waals surface area contributed by atoms with Crippen molar-refractivity contribution in [2.24, 2.45) is 0 Å². The van der Waals surface area contributed by atoms with Crippen LogP contribution in [0.3, 0.4) is 0 Å². The summed E-state index contributed by atoms with van der Waals surface area (Å²) >= 11 is 0. The van der Waals surface area contributed by atoms with Gasteiger partial charge in [0.05, 0.1) is 12.7 Å². The highest BCUT2D eigenvalue weighted by Crippen LogP contribution is 2.20. The molecule has 0 radical (unpaired) electrons. The standard InChI is InChI=1S/C8H16O4/c1-10-5-6-3-4-7(11-2)8(9)12-6/h6-9H,3-5H2,1-2H3/t6-,7+,8?/m0/s1. The van der Waals surface area contributed by atoms with Gasteiger partial charge in [0.1, 0.15) is 6.10 Å². The molecule has 1 unspecified atom stereocenters. The zero-order valence-electron chi connectivity index (χ0n) is 7.53. The Morgan fingerprint density at radius 1 is 1.42 bits per heavy atom. The van der Waals surface area contributed by atoms with Gasteiger partial charge < -0.3 is 19.3 Å². The van der Waals surface area contributed by atoms with Gasteiger partial charge in [0.25, 0.3) is 0 Å². The van der Waals surface area contributed by atoms with Gasteiger partial charge in [-0.25, -0.2) is 0 Å². The van der Waals surface area contributed by atoms with Gasteiger partial charge in [-0.2, -0.15) is 0 Å². The third-order valence-electron chi connectivity index (χ3n) is 2.08. The summed E-state index contributed by atoms with van der Waals surface area (Å²) in [5, 5.41) is 9.36. The topological polar surface area (TPSA) is 47.9 Å². The maximum Gasteiger partial charge on any atom is 0.181 e. The minimum absolute atomic E-state index is 0.0106. The summed E-state index contributed by atoms with van der Waals surface area (Å²) in [6, 6.07) is 0. The molecule has 0 saturated carbocycles. The molecule has 12 heavy (non-hydrogen) atoms. The van der Waals surface area contributed by atoms with Gasteiger partial charge in [0, 0.05) is 14.2 Å². The quantitative estimate of drug-likeness (QED) is 0.664. The summed E-state index contributed by atoms with van der Waals surface area (Å²) in [6.07, 6.45) is 0.730. The Kier molecular flexibility index (Phi) is 3.94. The van der Waals surface area contributed by atoms with E-state index in [1.807, 2.05) is 0 Å². The van der Waals surface area contributed by atoms with E-state index in [0.29, 0.717) is 6.61 Å². The third-order valence-corrected chi connectivity index (χ3v) is 2.08. The van der Waals surface area contributed by atoms with Crippen molar-refractivity contribution < 1.29 is 19.3 Å². The number of hydrogen-bond acceptors (Lipinski definition) is 4. The van der Waals surface area contributed by atoms with Gasteiger partial charge in [-0.3, -0.25) is 0 Å². The molecular weight excluding hydrogens is 160 g/mol. The molecule has 0 aromatic heterocycles. The van der Waals surface area contributed by atoms with E-state index in [1.54, 1.807) is 14.2 Å². The Hall–Kier alpha value is -0.160. The number of rotatable bonds is 3. The van der Waals surface area contributed by atoms with Crippen molar-refractivity contribution in [3.63, 3.8) is 0 Å². The molecule has 0 aromatic rings. The van der Waals surface area contributed by atoms with Crippen LogP contribution in [0.2, 0.25) is 0 Å². The number of aliphatic hydroxyl groups excluding tert-OH is 1. The van der Waals surface area contributed by atoms with Gasteiger partial charge in [-0.05, 0) is 12.8 Å². The number of aliphatic hydroxyl groups is 1. The van der Waals surface area contributed by atoms with Crippen LogP contribution in [0.4, 0.5) is 0 Å². The zero-order valence-corrected chi connectivity index (χ0v) is 7.53. The predicted octanol–water partition coefficient (Wildman–Crippen LogP) is 0.145. The van der Waals surface area contributed by atoms with Crippen LogP contribution in [0, 0.1) is 0 Å². The molecule has 3 atom stereocenters. The second-order valence-corrected chi connectivity index (χ2v) is 2.96. The van der Waals surface area contributed by atoms with E-state index in [1.165, 1.54) is 0 Å². The SMILES string of the molecule is COC[C@@H]1CC[C@@H](OC)C(O)O1. The summed E-state index contributed by atoms with van der Waals surface area (Å²) in [5.74, 6) is 0. The van der Waals surface area contributed by atoms with Crippen molar-refractivity contribution in [3.8, 4) is 0 Å². The summed E-state index contributed by atoms with van der Waals surface area (Å²) in [5.41, 5.74) is 0. The van der Waals surface area contributed by atoms with Crippen molar-refractivity contribution in [2.75, 3.05) is 20.8 Å². The van der Waals surface area contributed by atoms with E-state index in [2.05, 4.69) is 0 Å². The molecule has 1 N–H and O–H groups in total. The second-order valence-electron chi connectivity index (χ2n) is 2.96. The maximum atomic E-state index is 9.36. The van der Waals surface area contributed by atoms with Crippen LogP contribution in [0.25, 0.3) is 0 Å². The fourth-order valence-electron chi connectivity index (χ4n) is 1.39. The first-order valence-electron chi connectivity index (χ1n) is 4.13. The average molecular weight is 176 g/mol. The van der Waals surface area contributed by atoms with E-state index in [4.69, 9.17) is 14.2 Å². The molecule has 0 aliphatic carbocycles. The Morgan fingerprint density at radius 3 is 2.67 bits per heavy atom. The molecule has 0 aromatic carbocycles. The van der Waals surface area contributed by atoms with Gasteiger partial charge in [-0.1, -0.05) is 0 Å². The minimum Gasteiger partial charge on any atom is -0.382 e. The van der Waals surface area contributed by atoms with Crippen molar-refractivity contribution >= 4 is 0 Å². The molecule has 0 bridgehead atoms. The maximum absolute atomic E-state index is 9.36. The summed E-state index contributed by atoms with van der Waals surface area (Å²) < 4.78 is 15.2. The molecule has 1 aliphatic heterocycles. The Labute approximate surface area is 72.4 Å². The van der Waals surface area contributed by atoms with E-state index < -0.39 is 6.29 Å². The van der Waals surface area contributed by atoms with Crippen LogP contribution in [0.15, 0.2) is 0 Å². The first-order chi connectivity index (χ1) is 5.77. The minimum atomic E-state index is -0.802. The van der Waals surface area contributed by atoms with Crippen LogP contribution in [0.5, 0.6) is 0 Å². The van der Waals surface area contributed by atoms with Gasteiger partial charge in [-0.15, -0.1) is 0 Å². The van der Waals surface area contributed by atoms with Gasteiger partial charge >= 0.3 is 0 Å². The number of hydrogen-bond donors (Lipinski definition) is 1. The van der Waals surface area contributed by atoms with E-state index in [0.717, 1.165) is 12.8 Å². The van der Waals surface area contributed by atoms with Gasteiger partial charge in [0.2, 0.25) is 0 Å². The van der Waals surface area contributed by atoms with Crippen molar-refractivity contribution in [1.29, 1.82) is 0 Å². The summed E-state index contributed by atoms with van der Waals surface area (Å²) in [4.78, 5) is 0. The highest BCUT2D eigenvalue weighted by Gasteiger charge is 2.29. The van der Waals surface area contributed by atoms with Gasteiger partial charge in [0.15, 0.2) is 6.29 Å². The molecule has 4 heteroatoms. The lowest BCUT2D eigenvalue weighted by atomic mass is 10.1. The number of ether oxygens (including phenoxy) is 3. The molecule has 1 fully saturated rings. The molecule has 0 spiro atoms. The molecule has 1 rings (SSSR count). The average Bonchev–Trinajstić information content (AvgIpc) is 2.05. The van der Waals surface area contributed by atoms with Crippen molar-refractivity contribution in [2.45, 2.75) is 31.3 Å². The lowest BCUT2D eigenvalue weighted by Gasteiger charge is -2.32. The fourth-order valence-corrected chi connectivity index (χ4v) is 1.39. The molecule has 0 amide bonds. The zero-order chi connectivity index (χ0) is 8.97. The lowest BCUT2D eigenvalue weighted by Crippen LogP contribution is -2.41. The molecular formula is C8H16O4. The van der Waals surface area contributed by atoms with Crippen LogP contribution < -0.4 is 0 Å². The first-order valence-corrected chi connectivity index (χ1v) is 4.13. The van der Waals surface area contributed by atoms with E-state index in [9.17, 15) is 5.11 Å². The van der Waals surface area contributed by atoms with E-state index >= 15 is 0 Å². The summed E-state index contributed by atoms with van der Waals surface area (Å²) in [6.45, 7) is 0.535. The first kappa shape index (κ1) is 9.92. The van der Waals surface area contributed by atoms with Crippen LogP contribution in [-0.4, -0.2) is 44.4 Å². The third kappa shape index (κ3) is 2.42.